The number of carboxylic acid groups (broad SMARTS) is 1. The van der Waals surface area contributed by atoms with Crippen molar-refractivity contribution < 1.29 is 14.7 Å². The third-order valence-electron chi connectivity index (χ3n) is 7.34. The van der Waals surface area contributed by atoms with Gasteiger partial charge in [0.1, 0.15) is 0 Å². The zero-order valence-electron chi connectivity index (χ0n) is 22.2. The third-order valence-corrected chi connectivity index (χ3v) is 8.53. The van der Waals surface area contributed by atoms with E-state index in [2.05, 4.69) is 34.5 Å². The molecule has 206 valence electrons. The van der Waals surface area contributed by atoms with Crippen molar-refractivity contribution in [2.24, 2.45) is 0 Å². The van der Waals surface area contributed by atoms with E-state index < -0.39 is 5.97 Å². The van der Waals surface area contributed by atoms with E-state index in [1.807, 2.05) is 41.8 Å². The van der Waals surface area contributed by atoms with Gasteiger partial charge >= 0.3 is 5.97 Å². The number of nitrogens with zero attached hydrogens (tertiary/aromatic N) is 2. The number of nitrogens with one attached hydrogen (secondary N) is 1. The van der Waals surface area contributed by atoms with Gasteiger partial charge in [-0.3, -0.25) is 9.59 Å². The molecule has 0 bridgehead atoms. The van der Waals surface area contributed by atoms with Gasteiger partial charge in [0.15, 0.2) is 5.13 Å². The van der Waals surface area contributed by atoms with E-state index in [1.54, 1.807) is 23.5 Å². The van der Waals surface area contributed by atoms with Crippen molar-refractivity contribution in [3.05, 3.63) is 99.9 Å². The highest BCUT2D eigenvalue weighted by Crippen LogP contribution is 2.37. The fourth-order valence-electron chi connectivity index (χ4n) is 5.14. The van der Waals surface area contributed by atoms with Gasteiger partial charge in [0.2, 0.25) is 0 Å². The van der Waals surface area contributed by atoms with Crippen molar-refractivity contribution in [2.45, 2.75) is 51.0 Å². The van der Waals surface area contributed by atoms with Gasteiger partial charge in [-0.2, -0.15) is 0 Å². The summed E-state index contributed by atoms with van der Waals surface area (Å²) < 4.78 is 0. The number of anilines is 2. The molecule has 1 aliphatic rings. The number of aromatic nitrogens is 1. The summed E-state index contributed by atoms with van der Waals surface area (Å²) in [6.07, 6.45) is 6.34. The Balaban J connectivity index is 1.39. The van der Waals surface area contributed by atoms with E-state index in [4.69, 9.17) is 21.7 Å². The lowest BCUT2D eigenvalue weighted by molar-refractivity contribution is -0.136. The molecule has 1 heterocycles. The van der Waals surface area contributed by atoms with Crippen LogP contribution in [0.25, 0.3) is 11.3 Å². The second-order valence-corrected chi connectivity index (χ2v) is 11.3. The van der Waals surface area contributed by atoms with E-state index in [-0.39, 0.29) is 18.9 Å². The number of carboxylic acids is 1. The standard InChI is InChI=1S/C32H32ClN3O3S/c33-28-9-5-4-8-27(28)29-21-40-32(35-29)36(26-16-14-24(15-17-26)23-6-2-1-3-7-23)20-22-10-12-25(13-11-22)31(39)34-19-18-30(37)38/h4-5,8-17,21,23H,1-3,6-7,18-20H2,(H,34,39)(H,37,38). The van der Waals surface area contributed by atoms with E-state index >= 15 is 0 Å². The van der Waals surface area contributed by atoms with Crippen LogP contribution in [0.2, 0.25) is 5.02 Å². The number of thiazole rings is 1. The fraction of sp³-hybridized carbons (Fsp3) is 0.281. The van der Waals surface area contributed by atoms with Gasteiger partial charge in [-0.05, 0) is 60.2 Å². The third kappa shape index (κ3) is 6.90. The number of benzene rings is 3. The minimum absolute atomic E-state index is 0.0956. The largest absolute Gasteiger partial charge is 0.481 e. The molecule has 6 nitrogen and oxygen atoms in total. The molecular weight excluding hydrogens is 542 g/mol. The molecule has 5 rings (SSSR count). The minimum atomic E-state index is -0.942. The van der Waals surface area contributed by atoms with Crippen molar-refractivity contribution >= 4 is 45.6 Å². The second-order valence-electron chi connectivity index (χ2n) is 10.1. The first-order chi connectivity index (χ1) is 19.5. The number of carbonyl (C=O) groups is 2. The Morgan fingerprint density at radius 3 is 2.40 bits per heavy atom. The van der Waals surface area contributed by atoms with E-state index in [1.165, 1.54) is 37.7 Å². The van der Waals surface area contributed by atoms with Gasteiger partial charge in [0.25, 0.3) is 5.91 Å². The Hall–Kier alpha value is -3.68. The van der Waals surface area contributed by atoms with Crippen LogP contribution in [0.15, 0.2) is 78.2 Å². The average molecular weight is 574 g/mol. The monoisotopic (exact) mass is 573 g/mol. The number of hydrogen-bond acceptors (Lipinski definition) is 5. The quantitative estimate of drug-likeness (QED) is 0.200. The molecule has 40 heavy (non-hydrogen) atoms. The van der Waals surface area contributed by atoms with E-state index in [0.29, 0.717) is 23.0 Å². The van der Waals surface area contributed by atoms with Crippen LogP contribution in [0.4, 0.5) is 10.8 Å². The van der Waals surface area contributed by atoms with Crippen molar-refractivity contribution in [3.8, 4) is 11.3 Å². The van der Waals surface area contributed by atoms with Crippen molar-refractivity contribution in [1.29, 1.82) is 0 Å². The Labute approximate surface area is 243 Å². The van der Waals surface area contributed by atoms with Gasteiger partial charge < -0.3 is 15.3 Å². The van der Waals surface area contributed by atoms with Crippen molar-refractivity contribution in [1.82, 2.24) is 10.3 Å². The molecular formula is C32H32ClN3O3S. The predicted molar refractivity (Wildman–Crippen MR) is 162 cm³/mol. The van der Waals surface area contributed by atoms with E-state index in [0.717, 1.165) is 27.6 Å². The summed E-state index contributed by atoms with van der Waals surface area (Å²) in [6, 6.07) is 24.0. The topological polar surface area (TPSA) is 82.5 Å². The number of hydrogen-bond donors (Lipinski definition) is 2. The summed E-state index contributed by atoms with van der Waals surface area (Å²) in [5, 5.41) is 15.0. The Kier molecular flexibility index (Phi) is 9.14. The molecule has 3 aromatic carbocycles. The number of aliphatic carboxylic acids is 1. The maximum Gasteiger partial charge on any atom is 0.305 e. The van der Waals surface area contributed by atoms with Crippen LogP contribution in [0, 0.1) is 0 Å². The smallest absolute Gasteiger partial charge is 0.305 e. The summed E-state index contributed by atoms with van der Waals surface area (Å²) in [7, 11) is 0. The van der Waals surface area contributed by atoms with Crippen LogP contribution < -0.4 is 10.2 Å². The Morgan fingerprint density at radius 2 is 1.70 bits per heavy atom. The lowest BCUT2D eigenvalue weighted by Crippen LogP contribution is -2.26. The molecule has 0 atom stereocenters. The average Bonchev–Trinajstić information content (AvgIpc) is 3.46. The number of carbonyl (C=O) groups excluding carboxylic acids is 1. The highest BCUT2D eigenvalue weighted by molar-refractivity contribution is 7.14. The van der Waals surface area contributed by atoms with Gasteiger partial charge in [-0.25, -0.2) is 4.98 Å². The molecule has 8 heteroatoms. The predicted octanol–water partition coefficient (Wildman–Crippen LogP) is 8.05. The highest BCUT2D eigenvalue weighted by atomic mass is 35.5. The van der Waals surface area contributed by atoms with Crippen molar-refractivity contribution in [3.63, 3.8) is 0 Å². The van der Waals surface area contributed by atoms with Crippen molar-refractivity contribution in [2.75, 3.05) is 11.4 Å². The normalized spacial score (nSPS) is 13.6. The molecule has 1 fully saturated rings. The molecule has 1 saturated carbocycles. The lowest BCUT2D eigenvalue weighted by Gasteiger charge is -2.25. The first-order valence-electron chi connectivity index (χ1n) is 13.6. The molecule has 4 aromatic rings. The highest BCUT2D eigenvalue weighted by Gasteiger charge is 2.19. The van der Waals surface area contributed by atoms with Crippen LogP contribution >= 0.6 is 22.9 Å². The van der Waals surface area contributed by atoms with Gasteiger partial charge in [0, 0.05) is 33.8 Å². The lowest BCUT2D eigenvalue weighted by atomic mass is 9.84. The number of halogens is 1. The summed E-state index contributed by atoms with van der Waals surface area (Å²) in [6.45, 7) is 0.664. The summed E-state index contributed by atoms with van der Waals surface area (Å²) >= 11 is 8.03. The Bertz CT molecular complexity index is 1450. The summed E-state index contributed by atoms with van der Waals surface area (Å²) in [5.74, 6) is -0.591. The first-order valence-corrected chi connectivity index (χ1v) is 14.9. The van der Waals surface area contributed by atoms with Gasteiger partial charge in [-0.1, -0.05) is 73.3 Å². The summed E-state index contributed by atoms with van der Waals surface area (Å²) in [4.78, 5) is 30.3. The minimum Gasteiger partial charge on any atom is -0.481 e. The fourth-order valence-corrected chi connectivity index (χ4v) is 6.22. The molecule has 0 radical (unpaired) electrons. The molecule has 0 aliphatic heterocycles. The zero-order chi connectivity index (χ0) is 27.9. The van der Waals surface area contributed by atoms with Crippen LogP contribution in [0.1, 0.15) is 65.9 Å². The maximum absolute atomic E-state index is 12.4. The zero-order valence-corrected chi connectivity index (χ0v) is 23.8. The van der Waals surface area contributed by atoms with Gasteiger partial charge in [0.05, 0.1) is 18.7 Å². The summed E-state index contributed by atoms with van der Waals surface area (Å²) in [5.41, 5.74) is 5.70. The molecule has 1 aromatic heterocycles. The molecule has 0 spiro atoms. The van der Waals surface area contributed by atoms with Crippen LogP contribution in [-0.2, 0) is 11.3 Å². The number of rotatable bonds is 10. The SMILES string of the molecule is O=C(O)CCNC(=O)c1ccc(CN(c2ccc(C3CCCCC3)cc2)c2nc(-c3ccccc3Cl)cs2)cc1. The first kappa shape index (κ1) is 27.9. The van der Waals surface area contributed by atoms with Crippen LogP contribution in [0.3, 0.4) is 0 Å². The van der Waals surface area contributed by atoms with Crippen LogP contribution in [-0.4, -0.2) is 28.5 Å². The molecule has 0 saturated heterocycles. The Morgan fingerprint density at radius 1 is 0.975 bits per heavy atom. The molecule has 1 amide bonds. The molecule has 2 N–H and O–H groups in total. The molecule has 0 unspecified atom stereocenters. The van der Waals surface area contributed by atoms with Gasteiger partial charge in [-0.15, -0.1) is 11.3 Å². The molecule has 1 aliphatic carbocycles. The number of amides is 1. The second kappa shape index (κ2) is 13.1. The van der Waals surface area contributed by atoms with Crippen LogP contribution in [0.5, 0.6) is 0 Å². The van der Waals surface area contributed by atoms with E-state index in [9.17, 15) is 9.59 Å². The maximum atomic E-state index is 12.4.